The average molecular weight is 363 g/mol. The van der Waals surface area contributed by atoms with Crippen molar-refractivity contribution in [3.05, 3.63) is 59.2 Å². The third-order valence-corrected chi connectivity index (χ3v) is 3.70. The van der Waals surface area contributed by atoms with E-state index in [0.29, 0.717) is 43.3 Å². The first-order valence-corrected chi connectivity index (χ1v) is 8.35. The van der Waals surface area contributed by atoms with Crippen LogP contribution in [0.15, 0.2) is 41.4 Å². The minimum Gasteiger partial charge on any atom is -0.504 e. The molecule has 0 saturated carbocycles. The number of hydrogen-bond donors (Lipinski definition) is 3. The Labute approximate surface area is 151 Å². The monoisotopic (exact) mass is 363 g/mol. The minimum absolute atomic E-state index is 0.0553. The number of halogens is 2. The first-order valence-electron chi connectivity index (χ1n) is 8.35. The summed E-state index contributed by atoms with van der Waals surface area (Å²) < 4.78 is 31.8. The van der Waals surface area contributed by atoms with Gasteiger partial charge >= 0.3 is 0 Å². The van der Waals surface area contributed by atoms with Crippen LogP contribution in [0, 0.1) is 11.6 Å². The fourth-order valence-corrected chi connectivity index (χ4v) is 2.40. The van der Waals surface area contributed by atoms with Crippen LogP contribution < -0.4 is 15.4 Å². The van der Waals surface area contributed by atoms with E-state index in [4.69, 9.17) is 4.74 Å². The number of phenolic OH excluding ortho intramolecular Hbond substituents is 1. The Bertz CT molecular complexity index is 766. The second-order valence-electron chi connectivity index (χ2n) is 5.61. The Kier molecular flexibility index (Phi) is 7.20. The molecule has 0 aliphatic rings. The van der Waals surface area contributed by atoms with Crippen LogP contribution >= 0.6 is 0 Å². The molecule has 0 aliphatic carbocycles. The molecular weight excluding hydrogens is 340 g/mol. The topological polar surface area (TPSA) is 65.9 Å². The summed E-state index contributed by atoms with van der Waals surface area (Å²) >= 11 is 0. The largest absolute Gasteiger partial charge is 0.504 e. The number of hydrogen-bond acceptors (Lipinski definition) is 3. The maximum absolute atomic E-state index is 13.6. The van der Waals surface area contributed by atoms with Crippen LogP contribution in [0.1, 0.15) is 18.1 Å². The summed E-state index contributed by atoms with van der Waals surface area (Å²) in [7, 11) is 1.49. The molecule has 2 aromatic rings. The van der Waals surface area contributed by atoms with Crippen LogP contribution in [0.3, 0.4) is 0 Å². The maximum atomic E-state index is 13.6. The number of guanidine groups is 1. The van der Waals surface area contributed by atoms with E-state index in [0.717, 1.165) is 17.7 Å². The van der Waals surface area contributed by atoms with Crippen molar-refractivity contribution in [3.63, 3.8) is 0 Å². The number of nitrogens with one attached hydrogen (secondary N) is 2. The Hall–Kier alpha value is -2.83. The van der Waals surface area contributed by atoms with Gasteiger partial charge in [-0.2, -0.15) is 0 Å². The molecule has 3 N–H and O–H groups in total. The predicted octanol–water partition coefficient (Wildman–Crippen LogP) is 2.98. The highest BCUT2D eigenvalue weighted by molar-refractivity contribution is 5.79. The lowest BCUT2D eigenvalue weighted by Crippen LogP contribution is -2.38. The van der Waals surface area contributed by atoms with Gasteiger partial charge in [0, 0.05) is 13.1 Å². The molecule has 0 fully saturated rings. The molecule has 0 atom stereocenters. The Balaban J connectivity index is 1.96. The van der Waals surface area contributed by atoms with E-state index in [-0.39, 0.29) is 5.75 Å². The summed E-state index contributed by atoms with van der Waals surface area (Å²) in [6, 6.07) is 8.50. The van der Waals surface area contributed by atoms with Gasteiger partial charge in [0.25, 0.3) is 0 Å². The summed E-state index contributed by atoms with van der Waals surface area (Å²) in [5, 5.41) is 16.0. The molecule has 26 heavy (non-hydrogen) atoms. The SMILES string of the molecule is CCNC(=NCc1ccc(OC)c(O)c1)NCCc1cc(F)ccc1F. The van der Waals surface area contributed by atoms with Crippen LogP contribution in [-0.4, -0.2) is 31.3 Å². The van der Waals surface area contributed by atoms with Crippen molar-refractivity contribution in [1.29, 1.82) is 0 Å². The van der Waals surface area contributed by atoms with E-state index >= 15 is 0 Å². The number of rotatable bonds is 7. The van der Waals surface area contributed by atoms with Gasteiger partial charge in [0.1, 0.15) is 11.6 Å². The Morgan fingerprint density at radius 2 is 1.96 bits per heavy atom. The Morgan fingerprint density at radius 3 is 2.65 bits per heavy atom. The number of nitrogens with zero attached hydrogens (tertiary/aromatic N) is 1. The molecule has 2 aromatic carbocycles. The molecule has 140 valence electrons. The lowest BCUT2D eigenvalue weighted by atomic mass is 10.1. The van der Waals surface area contributed by atoms with Crippen molar-refractivity contribution in [2.75, 3.05) is 20.2 Å². The van der Waals surface area contributed by atoms with Gasteiger partial charge in [-0.15, -0.1) is 0 Å². The molecule has 0 bridgehead atoms. The first-order chi connectivity index (χ1) is 12.5. The van der Waals surface area contributed by atoms with Gasteiger partial charge in [0.05, 0.1) is 13.7 Å². The lowest BCUT2D eigenvalue weighted by molar-refractivity contribution is 0.373. The fourth-order valence-electron chi connectivity index (χ4n) is 2.40. The maximum Gasteiger partial charge on any atom is 0.191 e. The normalized spacial score (nSPS) is 11.3. The van der Waals surface area contributed by atoms with Gasteiger partial charge in [0.2, 0.25) is 0 Å². The summed E-state index contributed by atoms with van der Waals surface area (Å²) in [6.45, 7) is 3.35. The molecule has 0 unspecified atom stereocenters. The quantitative estimate of drug-likeness (QED) is 0.523. The number of aromatic hydroxyl groups is 1. The van der Waals surface area contributed by atoms with Crippen molar-refractivity contribution in [3.8, 4) is 11.5 Å². The van der Waals surface area contributed by atoms with Crippen LogP contribution in [0.5, 0.6) is 11.5 Å². The summed E-state index contributed by atoms with van der Waals surface area (Å²) in [5.41, 5.74) is 1.13. The molecule has 0 aromatic heterocycles. The number of benzene rings is 2. The van der Waals surface area contributed by atoms with Gasteiger partial charge < -0.3 is 20.5 Å². The second-order valence-corrected chi connectivity index (χ2v) is 5.61. The van der Waals surface area contributed by atoms with E-state index < -0.39 is 11.6 Å². The highest BCUT2D eigenvalue weighted by Crippen LogP contribution is 2.26. The van der Waals surface area contributed by atoms with Crippen LogP contribution in [0.4, 0.5) is 8.78 Å². The standard InChI is InChI=1S/C19H23F2N3O2/c1-3-22-19(23-9-8-14-11-15(20)5-6-16(14)21)24-12-13-4-7-18(26-2)17(25)10-13/h4-7,10-11,25H,3,8-9,12H2,1-2H3,(H2,22,23,24). The van der Waals surface area contributed by atoms with Gasteiger partial charge in [-0.3, -0.25) is 0 Å². The van der Waals surface area contributed by atoms with Crippen LogP contribution in [0.2, 0.25) is 0 Å². The van der Waals surface area contributed by atoms with E-state index in [1.165, 1.54) is 13.2 Å². The van der Waals surface area contributed by atoms with E-state index in [9.17, 15) is 13.9 Å². The van der Waals surface area contributed by atoms with Gasteiger partial charge in [-0.05, 0) is 54.8 Å². The molecular formula is C19H23F2N3O2. The van der Waals surface area contributed by atoms with Crippen molar-refractivity contribution in [1.82, 2.24) is 10.6 Å². The molecule has 7 heteroatoms. The Morgan fingerprint density at radius 1 is 1.15 bits per heavy atom. The molecule has 0 spiro atoms. The van der Waals surface area contributed by atoms with Crippen molar-refractivity contribution in [2.24, 2.45) is 4.99 Å². The average Bonchev–Trinajstić information content (AvgIpc) is 2.62. The van der Waals surface area contributed by atoms with E-state index in [1.54, 1.807) is 12.1 Å². The van der Waals surface area contributed by atoms with Crippen molar-refractivity contribution >= 4 is 5.96 Å². The molecule has 0 amide bonds. The molecule has 5 nitrogen and oxygen atoms in total. The zero-order chi connectivity index (χ0) is 18.9. The third-order valence-electron chi connectivity index (χ3n) is 3.70. The van der Waals surface area contributed by atoms with Gasteiger partial charge in [-0.1, -0.05) is 6.07 Å². The molecule has 2 rings (SSSR count). The highest BCUT2D eigenvalue weighted by Gasteiger charge is 2.05. The van der Waals surface area contributed by atoms with Crippen molar-refractivity contribution in [2.45, 2.75) is 19.9 Å². The van der Waals surface area contributed by atoms with Crippen molar-refractivity contribution < 1.29 is 18.6 Å². The smallest absolute Gasteiger partial charge is 0.191 e. The highest BCUT2D eigenvalue weighted by atomic mass is 19.1. The first kappa shape index (κ1) is 19.5. The van der Waals surface area contributed by atoms with Gasteiger partial charge in [0.15, 0.2) is 17.5 Å². The fraction of sp³-hybridized carbons (Fsp3) is 0.316. The predicted molar refractivity (Wildman–Crippen MR) is 97.5 cm³/mol. The summed E-state index contributed by atoms with van der Waals surface area (Å²) in [5.74, 6) is 0.129. The lowest BCUT2D eigenvalue weighted by Gasteiger charge is -2.12. The molecule has 0 radical (unpaired) electrons. The zero-order valence-corrected chi connectivity index (χ0v) is 14.9. The number of methoxy groups -OCH3 is 1. The molecule has 0 heterocycles. The zero-order valence-electron chi connectivity index (χ0n) is 14.9. The van der Waals surface area contributed by atoms with Gasteiger partial charge in [-0.25, -0.2) is 13.8 Å². The van der Waals surface area contributed by atoms with E-state index in [1.807, 2.05) is 13.0 Å². The summed E-state index contributed by atoms with van der Waals surface area (Å²) in [4.78, 5) is 4.43. The third kappa shape index (κ3) is 5.61. The van der Waals surface area contributed by atoms with Crippen LogP contribution in [-0.2, 0) is 13.0 Å². The summed E-state index contributed by atoms with van der Waals surface area (Å²) in [6.07, 6.45) is 0.331. The molecule has 0 saturated heterocycles. The number of ether oxygens (including phenoxy) is 1. The molecule has 0 aliphatic heterocycles. The number of phenols is 1. The second kappa shape index (κ2) is 9.60. The van der Waals surface area contributed by atoms with Crippen LogP contribution in [0.25, 0.3) is 0 Å². The number of aliphatic imine (C=N–C) groups is 1. The minimum atomic E-state index is -0.457. The van der Waals surface area contributed by atoms with E-state index in [2.05, 4.69) is 15.6 Å².